The lowest BCUT2D eigenvalue weighted by Gasteiger charge is -2.37. The number of nitrogen functional groups attached to an aromatic ring is 1. The van der Waals surface area contributed by atoms with Crippen molar-refractivity contribution in [2.45, 2.75) is 57.5 Å². The number of esters is 1. The average Bonchev–Trinajstić information content (AvgIpc) is 3.59. The number of hydrogen-bond acceptors (Lipinski definition) is 16. The summed E-state index contributed by atoms with van der Waals surface area (Å²) in [4.78, 5) is 45.0. The Morgan fingerprint density at radius 1 is 0.831 bits per heavy atom. The van der Waals surface area contributed by atoms with Gasteiger partial charge in [-0.2, -0.15) is 9.51 Å². The summed E-state index contributed by atoms with van der Waals surface area (Å²) in [6.07, 6.45) is -3.91. The van der Waals surface area contributed by atoms with Crippen LogP contribution in [-0.2, 0) is 43.0 Å². The molecule has 65 heavy (non-hydrogen) atoms. The molecule has 346 valence electrons. The van der Waals surface area contributed by atoms with Gasteiger partial charge in [-0.3, -0.25) is 4.57 Å². The summed E-state index contributed by atoms with van der Waals surface area (Å²) in [6.45, 7) is 10.4. The molecule has 1 fully saturated rings. The number of carbonyl (C=O) groups is 2. The average molecular weight is 916 g/mol. The smallest absolute Gasteiger partial charge is 0.497 e. The van der Waals surface area contributed by atoms with Crippen LogP contribution in [0.25, 0.3) is 0 Å². The largest absolute Gasteiger partial charge is 0.756 e. The molecule has 0 bridgehead atoms. The Hall–Kier alpha value is -6.04. The Kier molecular flexibility index (Phi) is 18.3. The molecule has 2 heterocycles. The van der Waals surface area contributed by atoms with Crippen LogP contribution in [0.4, 0.5) is 5.82 Å². The Morgan fingerprint density at radius 2 is 1.37 bits per heavy atom. The van der Waals surface area contributed by atoms with Crippen LogP contribution < -0.4 is 20.9 Å². The maximum absolute atomic E-state index is 13.6. The fourth-order valence-electron chi connectivity index (χ4n) is 7.17. The highest BCUT2D eigenvalue weighted by Gasteiger charge is 2.65. The molecule has 1 unspecified atom stereocenters. The molecule has 17 nitrogen and oxygen atoms in total. The molecular formula is C47H56N4O13P+. The first-order valence-electron chi connectivity index (χ1n) is 21.0. The number of aliphatic hydroxyl groups is 1. The molecule has 0 aliphatic carbocycles. The summed E-state index contributed by atoms with van der Waals surface area (Å²) in [5.41, 5.74) is 5.29. The van der Waals surface area contributed by atoms with Gasteiger partial charge in [-0.25, -0.2) is 14.4 Å². The van der Waals surface area contributed by atoms with Crippen molar-refractivity contribution < 1.29 is 56.7 Å². The van der Waals surface area contributed by atoms with Crippen molar-refractivity contribution in [3.8, 4) is 11.5 Å². The third kappa shape index (κ3) is 12.2. The van der Waals surface area contributed by atoms with Crippen molar-refractivity contribution >= 4 is 26.0 Å². The first kappa shape index (κ1) is 50.0. The summed E-state index contributed by atoms with van der Waals surface area (Å²) in [7, 11) is -0.424. The van der Waals surface area contributed by atoms with Crippen LogP contribution in [0, 0.1) is 0 Å². The number of benzene rings is 4. The van der Waals surface area contributed by atoms with Gasteiger partial charge in [0.2, 0.25) is 0 Å². The second-order valence-corrected chi connectivity index (χ2v) is 15.2. The van der Waals surface area contributed by atoms with Crippen molar-refractivity contribution in [1.82, 2.24) is 14.5 Å². The molecule has 6 rings (SSSR count). The molecule has 5 atom stereocenters. The predicted molar refractivity (Wildman–Crippen MR) is 240 cm³/mol. The van der Waals surface area contributed by atoms with Gasteiger partial charge in [-0.15, -0.1) is 0 Å². The summed E-state index contributed by atoms with van der Waals surface area (Å²) >= 11 is 0. The van der Waals surface area contributed by atoms with Crippen LogP contribution in [-0.4, -0.2) is 103 Å². The molecule has 0 amide bonds. The molecule has 1 saturated heterocycles. The normalized spacial score (nSPS) is 18.3. The molecular weight excluding hydrogens is 860 g/mol. The van der Waals surface area contributed by atoms with Crippen LogP contribution in [0.3, 0.4) is 0 Å². The van der Waals surface area contributed by atoms with Crippen LogP contribution in [0.15, 0.2) is 126 Å². The minimum absolute atomic E-state index is 0.00491. The van der Waals surface area contributed by atoms with Crippen molar-refractivity contribution in [3.63, 3.8) is 0 Å². The molecule has 3 N–H and O–H groups in total. The monoisotopic (exact) mass is 915 g/mol. The van der Waals surface area contributed by atoms with E-state index in [9.17, 15) is 24.1 Å². The van der Waals surface area contributed by atoms with Gasteiger partial charge in [0.25, 0.3) is 5.79 Å². The summed E-state index contributed by atoms with van der Waals surface area (Å²) in [5, 5.41) is 12.7. The van der Waals surface area contributed by atoms with E-state index in [2.05, 4.69) is 30.7 Å². The molecule has 1 aliphatic heterocycles. The summed E-state index contributed by atoms with van der Waals surface area (Å²) in [6, 6.07) is 32.4. The maximum atomic E-state index is 13.6. The van der Waals surface area contributed by atoms with Crippen molar-refractivity contribution in [3.05, 3.63) is 154 Å². The van der Waals surface area contributed by atoms with E-state index >= 15 is 0 Å². The first-order valence-corrected chi connectivity index (χ1v) is 22.1. The number of hydrogen-bond donors (Lipinski definition) is 2. The molecule has 0 saturated carbocycles. The van der Waals surface area contributed by atoms with E-state index in [0.29, 0.717) is 28.2 Å². The number of carbonyl (C=O) groups excluding carboxylic acids is 2. The van der Waals surface area contributed by atoms with E-state index in [0.717, 1.165) is 4.57 Å². The molecule has 1 aromatic heterocycles. The number of anilines is 1. The number of nitrogens with zero attached hydrogens (tertiary/aromatic N) is 3. The Labute approximate surface area is 378 Å². The zero-order valence-corrected chi connectivity index (χ0v) is 38.1. The standard InChI is InChI=1S/C41H40N3O13P.C6H15N/c1-4-52-35(45)26-53-36-37(44-24-23-34(42)43-39(44)47)55-33(41(36,48)57-58(49)56-38(46)27-11-7-5-8-12-27)25-54-40(28-13-9-6-10-14-28,29-15-19-31(50-2)20-16-29)30-17-21-32(51-3)22-18-30;1-4-7(5-2)6-3/h5-24,33,36-37,48H,4,25-26H2,1-3H3,(H-,42,43,47);4-6H2,1-3H3/p+1/t33-,36+,37-,41-;/m1./s1. The lowest BCUT2D eigenvalue weighted by atomic mass is 9.80. The lowest BCUT2D eigenvalue weighted by Crippen LogP contribution is -2.53. The zero-order valence-electron chi connectivity index (χ0n) is 37.2. The minimum atomic E-state index is -3.50. The highest BCUT2D eigenvalue weighted by atomic mass is 31.1. The van der Waals surface area contributed by atoms with Gasteiger partial charge in [-0.05, 0) is 85.7 Å². The highest BCUT2D eigenvalue weighted by molar-refractivity contribution is 7.34. The molecule has 4 aromatic carbocycles. The van der Waals surface area contributed by atoms with Crippen LogP contribution in [0.2, 0.25) is 0 Å². The van der Waals surface area contributed by atoms with E-state index in [1.807, 2.05) is 54.6 Å². The van der Waals surface area contributed by atoms with Gasteiger partial charge in [-0.1, -0.05) is 98.1 Å². The lowest BCUT2D eigenvalue weighted by molar-refractivity contribution is -0.234. The van der Waals surface area contributed by atoms with Crippen molar-refractivity contribution in [2.24, 2.45) is 0 Å². The molecule has 18 heteroatoms. The van der Waals surface area contributed by atoms with Gasteiger partial charge in [0.05, 0.1) is 33.0 Å². The first-order chi connectivity index (χ1) is 31.4. The Balaban J connectivity index is 0.00000105. The molecule has 5 aromatic rings. The Bertz CT molecular complexity index is 2300. The number of aromatic nitrogens is 2. The number of rotatable bonds is 20. The number of ether oxygens (including phenoxy) is 6. The fraction of sp³-hybridized carbons (Fsp3) is 0.362. The van der Waals surface area contributed by atoms with E-state index < -0.39 is 68.9 Å². The fourth-order valence-corrected chi connectivity index (χ4v) is 7.90. The molecule has 0 radical (unpaired) electrons. The summed E-state index contributed by atoms with van der Waals surface area (Å²) in [5.74, 6) is -3.71. The predicted octanol–water partition coefficient (Wildman–Crippen LogP) is 6.26. The molecule has 1 aliphatic rings. The number of methoxy groups -OCH3 is 2. The van der Waals surface area contributed by atoms with E-state index in [4.69, 9.17) is 43.2 Å². The van der Waals surface area contributed by atoms with Gasteiger partial charge in [0.1, 0.15) is 35.6 Å². The third-order valence-electron chi connectivity index (χ3n) is 10.6. The quantitative estimate of drug-likeness (QED) is 0.0382. The van der Waals surface area contributed by atoms with Gasteiger partial charge in [0.15, 0.2) is 12.3 Å². The van der Waals surface area contributed by atoms with E-state index in [1.54, 1.807) is 63.6 Å². The molecule has 0 spiro atoms. The van der Waals surface area contributed by atoms with E-state index in [1.165, 1.54) is 44.0 Å². The van der Waals surface area contributed by atoms with E-state index in [-0.39, 0.29) is 18.0 Å². The van der Waals surface area contributed by atoms with Gasteiger partial charge >= 0.3 is 25.9 Å². The SMILES string of the molecule is CCN(CC)CC.CCOC(=O)CO[C@H]1[C@H](n2ccc(N)nc2=O)O[C@H](COC(c2ccccc2)(c2ccc(OC)cc2)c2ccc(OC)cc2)[C@@]1(O)O[P+](=O)OC(=O)c1ccccc1. The Morgan fingerprint density at radius 3 is 1.86 bits per heavy atom. The minimum Gasteiger partial charge on any atom is -0.497 e. The van der Waals surface area contributed by atoms with Gasteiger partial charge in [0, 0.05) is 10.8 Å². The topological polar surface area (TPSA) is 209 Å². The summed E-state index contributed by atoms with van der Waals surface area (Å²) < 4.78 is 60.6. The van der Waals surface area contributed by atoms with Gasteiger partial charge < -0.3 is 44.2 Å². The second-order valence-electron chi connectivity index (χ2n) is 14.3. The van der Waals surface area contributed by atoms with Crippen molar-refractivity contribution in [1.29, 1.82) is 0 Å². The number of nitrogens with two attached hydrogens (primary N) is 1. The van der Waals surface area contributed by atoms with Crippen molar-refractivity contribution in [2.75, 3.05) is 59.4 Å². The van der Waals surface area contributed by atoms with Crippen LogP contribution >= 0.6 is 8.25 Å². The van der Waals surface area contributed by atoms with Crippen LogP contribution in [0.5, 0.6) is 11.5 Å². The second kappa shape index (κ2) is 23.8. The zero-order chi connectivity index (χ0) is 47.0. The highest BCUT2D eigenvalue weighted by Crippen LogP contribution is 2.48. The van der Waals surface area contributed by atoms with Crippen LogP contribution in [0.1, 0.15) is 61.0 Å². The third-order valence-corrected chi connectivity index (χ3v) is 11.4. The maximum Gasteiger partial charge on any atom is 0.756 e.